The minimum absolute atomic E-state index is 0.210. The van der Waals surface area contributed by atoms with E-state index in [1.165, 1.54) is 5.57 Å². The van der Waals surface area contributed by atoms with E-state index in [0.29, 0.717) is 18.4 Å². The Labute approximate surface area is 148 Å². The fraction of sp³-hybridized carbons (Fsp3) is 0.632. The molecule has 3 aliphatic rings. The zero-order valence-electron chi connectivity index (χ0n) is 15.3. The van der Waals surface area contributed by atoms with E-state index in [4.69, 9.17) is 14.5 Å². The van der Waals surface area contributed by atoms with Gasteiger partial charge in [0.25, 0.3) is 0 Å². The minimum atomic E-state index is -0.451. The number of aryl methyl sites for hydroxylation is 1. The Kier molecular flexibility index (Phi) is 3.74. The van der Waals surface area contributed by atoms with Crippen molar-refractivity contribution in [2.75, 3.05) is 19.7 Å². The second-order valence-corrected chi connectivity index (χ2v) is 8.21. The number of fused-ring (bicyclic) bond motifs is 2. The molecule has 134 valence electrons. The van der Waals surface area contributed by atoms with Crippen molar-refractivity contribution in [3.05, 3.63) is 23.3 Å². The minimum Gasteiger partial charge on any atom is -0.489 e. The third kappa shape index (κ3) is 3.10. The Hall–Kier alpha value is -2.11. The van der Waals surface area contributed by atoms with Gasteiger partial charge in [-0.2, -0.15) is 0 Å². The number of amides is 1. The van der Waals surface area contributed by atoms with Gasteiger partial charge < -0.3 is 14.4 Å². The molecule has 1 aromatic heterocycles. The molecule has 0 bridgehead atoms. The van der Waals surface area contributed by atoms with Gasteiger partial charge in [0.05, 0.1) is 18.0 Å². The maximum absolute atomic E-state index is 12.3. The maximum Gasteiger partial charge on any atom is 0.410 e. The normalized spacial score (nSPS) is 24.6. The molecule has 1 aliphatic carbocycles. The van der Waals surface area contributed by atoms with Gasteiger partial charge in [0.1, 0.15) is 5.60 Å². The van der Waals surface area contributed by atoms with Gasteiger partial charge in [-0.05, 0) is 45.6 Å². The summed E-state index contributed by atoms with van der Waals surface area (Å²) in [6.45, 7) is 9.84. The lowest BCUT2D eigenvalue weighted by atomic mass is 10.00. The van der Waals surface area contributed by atoms with Crippen molar-refractivity contribution in [3.63, 3.8) is 0 Å². The fourth-order valence-electron chi connectivity index (χ4n) is 3.92. The topological polar surface area (TPSA) is 64.6 Å². The van der Waals surface area contributed by atoms with E-state index in [1.807, 2.05) is 32.6 Å². The van der Waals surface area contributed by atoms with E-state index in [-0.39, 0.29) is 6.09 Å². The van der Waals surface area contributed by atoms with Crippen molar-refractivity contribution >= 4 is 11.7 Å². The van der Waals surface area contributed by atoms with Crippen LogP contribution in [0.3, 0.4) is 0 Å². The Morgan fingerprint density at radius 1 is 1.32 bits per heavy atom. The number of rotatable bonds is 1. The van der Waals surface area contributed by atoms with Crippen LogP contribution in [-0.2, 0) is 11.2 Å². The summed E-state index contributed by atoms with van der Waals surface area (Å²) in [6, 6.07) is 0. The van der Waals surface area contributed by atoms with E-state index < -0.39 is 5.60 Å². The number of ether oxygens (including phenoxy) is 2. The number of carbonyl (C=O) groups is 1. The summed E-state index contributed by atoms with van der Waals surface area (Å²) in [7, 11) is 0. The summed E-state index contributed by atoms with van der Waals surface area (Å²) in [5.74, 6) is 2.51. The highest BCUT2D eigenvalue weighted by atomic mass is 16.6. The maximum atomic E-state index is 12.3. The predicted octanol–water partition coefficient (Wildman–Crippen LogP) is 2.99. The van der Waals surface area contributed by atoms with Gasteiger partial charge in [-0.25, -0.2) is 14.8 Å². The van der Waals surface area contributed by atoms with Gasteiger partial charge in [-0.1, -0.05) is 6.08 Å². The van der Waals surface area contributed by atoms with Crippen molar-refractivity contribution < 1.29 is 14.3 Å². The van der Waals surface area contributed by atoms with Crippen LogP contribution in [0.2, 0.25) is 0 Å². The second kappa shape index (κ2) is 5.71. The number of nitrogens with zero attached hydrogens (tertiary/aromatic N) is 3. The third-order valence-electron chi connectivity index (χ3n) is 5.02. The number of hydrogen-bond donors (Lipinski definition) is 0. The number of likely N-dealkylation sites (tertiary alicyclic amines) is 1. The molecular weight excluding hydrogens is 318 g/mol. The highest BCUT2D eigenvalue weighted by Crippen LogP contribution is 2.41. The Morgan fingerprint density at radius 2 is 2.12 bits per heavy atom. The van der Waals surface area contributed by atoms with E-state index in [1.54, 1.807) is 0 Å². The predicted molar refractivity (Wildman–Crippen MR) is 93.3 cm³/mol. The van der Waals surface area contributed by atoms with Crippen molar-refractivity contribution in [2.45, 2.75) is 46.1 Å². The lowest BCUT2D eigenvalue weighted by Gasteiger charge is -2.24. The number of hydrogen-bond acceptors (Lipinski definition) is 5. The molecule has 25 heavy (non-hydrogen) atoms. The molecule has 2 aliphatic heterocycles. The quantitative estimate of drug-likeness (QED) is 0.784. The van der Waals surface area contributed by atoms with Crippen LogP contribution >= 0.6 is 0 Å². The summed E-state index contributed by atoms with van der Waals surface area (Å²) >= 11 is 0. The molecule has 0 spiro atoms. The second-order valence-electron chi connectivity index (χ2n) is 8.21. The molecule has 0 aromatic carbocycles. The van der Waals surface area contributed by atoms with E-state index in [9.17, 15) is 4.79 Å². The van der Waals surface area contributed by atoms with Crippen LogP contribution in [0.4, 0.5) is 4.79 Å². The van der Waals surface area contributed by atoms with Gasteiger partial charge in [0.15, 0.2) is 11.6 Å². The molecule has 1 aromatic rings. The average molecular weight is 343 g/mol. The fourth-order valence-corrected chi connectivity index (χ4v) is 3.92. The van der Waals surface area contributed by atoms with Crippen LogP contribution in [0, 0.1) is 18.8 Å². The summed E-state index contributed by atoms with van der Waals surface area (Å²) < 4.78 is 11.1. The highest BCUT2D eigenvalue weighted by molar-refractivity contribution is 5.70. The largest absolute Gasteiger partial charge is 0.489 e. The number of allylic oxidation sites excluding steroid dienone is 1. The SMILES string of the molecule is Cc1nc(C2=CC3CN(C(=O)OC(C)(C)C)CC3C2)nc2c1OCC2. The molecule has 6 nitrogen and oxygen atoms in total. The Morgan fingerprint density at radius 3 is 2.84 bits per heavy atom. The molecule has 2 atom stereocenters. The number of aromatic nitrogens is 2. The standard InChI is InChI=1S/C19H25N3O3/c1-11-16-15(5-6-24-16)21-17(20-11)12-7-13-9-22(10-14(13)8-12)18(23)25-19(2,3)4/h7,13-14H,5-6,8-10H2,1-4H3. The third-order valence-corrected chi connectivity index (χ3v) is 5.02. The number of carbonyl (C=O) groups excluding carboxylic acids is 1. The van der Waals surface area contributed by atoms with E-state index in [2.05, 4.69) is 11.1 Å². The van der Waals surface area contributed by atoms with Crippen molar-refractivity contribution in [1.82, 2.24) is 14.9 Å². The zero-order valence-corrected chi connectivity index (χ0v) is 15.3. The molecule has 3 heterocycles. The molecule has 1 fully saturated rings. The van der Waals surface area contributed by atoms with E-state index in [0.717, 1.165) is 48.9 Å². The van der Waals surface area contributed by atoms with Gasteiger partial charge in [-0.15, -0.1) is 0 Å². The van der Waals surface area contributed by atoms with Crippen LogP contribution < -0.4 is 4.74 Å². The molecule has 6 heteroatoms. The summed E-state index contributed by atoms with van der Waals surface area (Å²) in [6.07, 6.45) is 3.83. The summed E-state index contributed by atoms with van der Waals surface area (Å²) in [5.41, 5.74) is 2.70. The molecular formula is C19H25N3O3. The molecule has 0 saturated carbocycles. The molecule has 2 unspecified atom stereocenters. The molecule has 1 amide bonds. The van der Waals surface area contributed by atoms with Gasteiger partial charge in [-0.3, -0.25) is 0 Å². The summed E-state index contributed by atoms with van der Waals surface area (Å²) in [5, 5.41) is 0. The van der Waals surface area contributed by atoms with Crippen molar-refractivity contribution in [3.8, 4) is 5.75 Å². The summed E-state index contributed by atoms with van der Waals surface area (Å²) in [4.78, 5) is 23.5. The van der Waals surface area contributed by atoms with Gasteiger partial charge >= 0.3 is 6.09 Å². The smallest absolute Gasteiger partial charge is 0.410 e. The molecule has 0 N–H and O–H groups in total. The first kappa shape index (κ1) is 16.4. The van der Waals surface area contributed by atoms with E-state index >= 15 is 0 Å². The zero-order chi connectivity index (χ0) is 17.8. The monoisotopic (exact) mass is 343 g/mol. The molecule has 1 saturated heterocycles. The van der Waals surface area contributed by atoms with Crippen LogP contribution in [0.15, 0.2) is 6.08 Å². The lowest BCUT2D eigenvalue weighted by molar-refractivity contribution is 0.0285. The van der Waals surface area contributed by atoms with Gasteiger partial charge in [0, 0.05) is 25.4 Å². The Bertz CT molecular complexity index is 751. The Balaban J connectivity index is 1.48. The molecule has 4 rings (SSSR count). The van der Waals surface area contributed by atoms with Crippen molar-refractivity contribution in [2.24, 2.45) is 11.8 Å². The highest BCUT2D eigenvalue weighted by Gasteiger charge is 2.40. The first-order valence-electron chi connectivity index (χ1n) is 8.99. The van der Waals surface area contributed by atoms with Crippen LogP contribution in [0.1, 0.15) is 44.4 Å². The van der Waals surface area contributed by atoms with Crippen molar-refractivity contribution in [1.29, 1.82) is 0 Å². The van der Waals surface area contributed by atoms with Gasteiger partial charge in [0.2, 0.25) is 0 Å². The average Bonchev–Trinajstić information content (AvgIpc) is 3.18. The van der Waals surface area contributed by atoms with Crippen LogP contribution in [0.5, 0.6) is 5.75 Å². The van der Waals surface area contributed by atoms with Crippen LogP contribution in [-0.4, -0.2) is 46.3 Å². The van der Waals surface area contributed by atoms with Crippen LogP contribution in [0.25, 0.3) is 5.57 Å². The first-order valence-corrected chi connectivity index (χ1v) is 8.99. The first-order chi connectivity index (χ1) is 11.8. The lowest BCUT2D eigenvalue weighted by Crippen LogP contribution is -2.35. The molecule has 0 radical (unpaired) electrons.